The molecule has 0 radical (unpaired) electrons. The Balaban J connectivity index is 2.45. The van der Waals surface area contributed by atoms with Crippen molar-refractivity contribution in [3.05, 3.63) is 48.0 Å². The Hall–Kier alpha value is -2.70. The first-order valence-electron chi connectivity index (χ1n) is 5.69. The van der Waals surface area contributed by atoms with Crippen molar-refractivity contribution >= 4 is 5.97 Å². The number of aromatic carboxylic acids is 1. The average Bonchev–Trinajstić information content (AvgIpc) is 2.37. The molecule has 0 atom stereocenters. The molecule has 110 valence electrons. The van der Waals surface area contributed by atoms with Crippen LogP contribution >= 0.6 is 0 Å². The smallest absolute Gasteiger partial charge is 0.507 e. The van der Waals surface area contributed by atoms with Gasteiger partial charge in [0, 0.05) is 5.56 Å². The van der Waals surface area contributed by atoms with Gasteiger partial charge in [-0.3, -0.25) is 0 Å². The van der Waals surface area contributed by atoms with Gasteiger partial charge in [0.15, 0.2) is 0 Å². The lowest BCUT2D eigenvalue weighted by atomic mass is 10.0. The van der Waals surface area contributed by atoms with Gasteiger partial charge in [0.25, 0.3) is 0 Å². The van der Waals surface area contributed by atoms with Crippen LogP contribution in [0.3, 0.4) is 0 Å². The van der Waals surface area contributed by atoms with E-state index in [4.69, 9.17) is 5.11 Å². The molecule has 2 aromatic rings. The summed E-state index contributed by atoms with van der Waals surface area (Å²) in [5.41, 5.74) is 0.213. The molecule has 0 unspecified atom stereocenters. The Labute approximate surface area is 117 Å². The Morgan fingerprint density at radius 3 is 2.43 bits per heavy atom. The maximum atomic E-state index is 12.2. The summed E-state index contributed by atoms with van der Waals surface area (Å²) in [7, 11) is 0. The molecule has 0 amide bonds. The standard InChI is InChI=1S/C14H9F3O4/c15-14(16,17)21-10-3-1-2-8(6-10)11-7-9(13(19)20)4-5-12(11)18/h1-7,18H,(H,19,20). The van der Waals surface area contributed by atoms with Gasteiger partial charge in [0.2, 0.25) is 0 Å². The van der Waals surface area contributed by atoms with E-state index in [1.54, 1.807) is 0 Å². The Morgan fingerprint density at radius 2 is 1.81 bits per heavy atom. The van der Waals surface area contributed by atoms with E-state index in [1.807, 2.05) is 0 Å². The number of hydrogen-bond acceptors (Lipinski definition) is 3. The van der Waals surface area contributed by atoms with Gasteiger partial charge in [-0.15, -0.1) is 13.2 Å². The zero-order valence-electron chi connectivity index (χ0n) is 10.4. The molecule has 0 bridgehead atoms. The Kier molecular flexibility index (Phi) is 3.75. The molecule has 0 heterocycles. The number of carboxylic acid groups (broad SMARTS) is 1. The van der Waals surface area contributed by atoms with E-state index in [0.29, 0.717) is 0 Å². The summed E-state index contributed by atoms with van der Waals surface area (Å²) in [4.78, 5) is 10.9. The molecule has 21 heavy (non-hydrogen) atoms. The van der Waals surface area contributed by atoms with Crippen LogP contribution in [0.2, 0.25) is 0 Å². The lowest BCUT2D eigenvalue weighted by Gasteiger charge is -2.11. The molecule has 4 nitrogen and oxygen atoms in total. The fourth-order valence-electron chi connectivity index (χ4n) is 1.76. The number of carboxylic acids is 1. The molecule has 0 aliphatic rings. The summed E-state index contributed by atoms with van der Waals surface area (Å²) in [6.45, 7) is 0. The maximum Gasteiger partial charge on any atom is 0.573 e. The van der Waals surface area contributed by atoms with Gasteiger partial charge in [-0.25, -0.2) is 4.79 Å². The first-order chi connectivity index (χ1) is 9.76. The second kappa shape index (κ2) is 5.35. The van der Waals surface area contributed by atoms with Crippen LogP contribution in [0.5, 0.6) is 11.5 Å². The van der Waals surface area contributed by atoms with Crippen molar-refractivity contribution in [1.82, 2.24) is 0 Å². The third kappa shape index (κ3) is 3.65. The number of phenolic OH excluding ortho intramolecular Hbond substituents is 1. The van der Waals surface area contributed by atoms with Crippen LogP contribution < -0.4 is 4.74 Å². The van der Waals surface area contributed by atoms with E-state index >= 15 is 0 Å². The number of benzene rings is 2. The van der Waals surface area contributed by atoms with Crippen LogP contribution in [0, 0.1) is 0 Å². The summed E-state index contributed by atoms with van der Waals surface area (Å²) in [6, 6.07) is 8.44. The summed E-state index contributed by atoms with van der Waals surface area (Å²) < 4.78 is 40.3. The summed E-state index contributed by atoms with van der Waals surface area (Å²) in [5.74, 6) is -1.91. The minimum absolute atomic E-state index is 0.0926. The number of halogens is 3. The fourth-order valence-corrected chi connectivity index (χ4v) is 1.76. The molecule has 0 aliphatic carbocycles. The molecular formula is C14H9F3O4. The molecule has 2 N–H and O–H groups in total. The zero-order valence-corrected chi connectivity index (χ0v) is 10.4. The average molecular weight is 298 g/mol. The first kappa shape index (κ1) is 14.7. The van der Waals surface area contributed by atoms with Gasteiger partial charge >= 0.3 is 12.3 Å². The highest BCUT2D eigenvalue weighted by atomic mass is 19.4. The number of alkyl halides is 3. The predicted octanol–water partition coefficient (Wildman–Crippen LogP) is 3.66. The largest absolute Gasteiger partial charge is 0.573 e. The van der Waals surface area contributed by atoms with Crippen molar-refractivity contribution in [2.45, 2.75) is 6.36 Å². The van der Waals surface area contributed by atoms with Crippen molar-refractivity contribution in [2.24, 2.45) is 0 Å². The molecule has 0 aliphatic heterocycles. The van der Waals surface area contributed by atoms with E-state index in [1.165, 1.54) is 24.3 Å². The number of rotatable bonds is 3. The van der Waals surface area contributed by atoms with Gasteiger partial charge < -0.3 is 14.9 Å². The van der Waals surface area contributed by atoms with E-state index < -0.39 is 18.1 Å². The highest BCUT2D eigenvalue weighted by Gasteiger charge is 2.31. The highest BCUT2D eigenvalue weighted by Crippen LogP contribution is 2.33. The molecule has 2 aromatic carbocycles. The van der Waals surface area contributed by atoms with E-state index in [-0.39, 0.29) is 22.4 Å². The second-order valence-electron chi connectivity index (χ2n) is 4.11. The highest BCUT2D eigenvalue weighted by molar-refractivity contribution is 5.90. The fraction of sp³-hybridized carbons (Fsp3) is 0.0714. The number of ether oxygens (including phenoxy) is 1. The molecule has 0 aromatic heterocycles. The summed E-state index contributed by atoms with van der Waals surface area (Å²) >= 11 is 0. The van der Waals surface area contributed by atoms with Gasteiger partial charge in [0.1, 0.15) is 11.5 Å². The summed E-state index contributed by atoms with van der Waals surface area (Å²) in [5, 5.41) is 18.6. The van der Waals surface area contributed by atoms with Gasteiger partial charge in [-0.05, 0) is 35.9 Å². The van der Waals surface area contributed by atoms with Gasteiger partial charge in [-0.2, -0.15) is 0 Å². The minimum Gasteiger partial charge on any atom is -0.507 e. The number of carbonyl (C=O) groups is 1. The lowest BCUT2D eigenvalue weighted by Crippen LogP contribution is -2.17. The molecule has 0 saturated carbocycles. The first-order valence-corrected chi connectivity index (χ1v) is 5.69. The van der Waals surface area contributed by atoms with Crippen LogP contribution in [0.1, 0.15) is 10.4 Å². The predicted molar refractivity (Wildman–Crippen MR) is 67.2 cm³/mol. The number of phenols is 1. The molecule has 2 rings (SSSR count). The number of hydrogen-bond donors (Lipinski definition) is 2. The molecule has 7 heteroatoms. The molecular weight excluding hydrogens is 289 g/mol. The third-order valence-electron chi connectivity index (χ3n) is 2.62. The van der Waals surface area contributed by atoms with E-state index in [2.05, 4.69) is 4.74 Å². The van der Waals surface area contributed by atoms with Crippen molar-refractivity contribution in [3.8, 4) is 22.6 Å². The van der Waals surface area contributed by atoms with Crippen molar-refractivity contribution in [1.29, 1.82) is 0 Å². The normalized spacial score (nSPS) is 11.2. The Morgan fingerprint density at radius 1 is 1.10 bits per heavy atom. The van der Waals surface area contributed by atoms with Crippen LogP contribution in [0.25, 0.3) is 11.1 Å². The van der Waals surface area contributed by atoms with Crippen molar-refractivity contribution < 1.29 is 32.9 Å². The van der Waals surface area contributed by atoms with Gasteiger partial charge in [0.05, 0.1) is 5.56 Å². The van der Waals surface area contributed by atoms with Crippen molar-refractivity contribution in [3.63, 3.8) is 0 Å². The third-order valence-corrected chi connectivity index (χ3v) is 2.62. The monoisotopic (exact) mass is 298 g/mol. The lowest BCUT2D eigenvalue weighted by molar-refractivity contribution is -0.274. The molecule has 0 spiro atoms. The van der Waals surface area contributed by atoms with Crippen LogP contribution in [0.15, 0.2) is 42.5 Å². The van der Waals surface area contributed by atoms with Crippen molar-refractivity contribution in [2.75, 3.05) is 0 Å². The Bertz CT molecular complexity index is 680. The minimum atomic E-state index is -4.83. The zero-order chi connectivity index (χ0) is 15.6. The van der Waals surface area contributed by atoms with Gasteiger partial charge in [-0.1, -0.05) is 12.1 Å². The second-order valence-corrected chi connectivity index (χ2v) is 4.11. The quantitative estimate of drug-likeness (QED) is 0.907. The molecule has 0 saturated heterocycles. The van der Waals surface area contributed by atoms with E-state index in [9.17, 15) is 23.1 Å². The van der Waals surface area contributed by atoms with Crippen LogP contribution in [-0.4, -0.2) is 22.5 Å². The SMILES string of the molecule is O=C(O)c1ccc(O)c(-c2cccc(OC(F)(F)F)c2)c1. The van der Waals surface area contributed by atoms with Crippen LogP contribution in [-0.2, 0) is 0 Å². The number of aromatic hydroxyl groups is 1. The molecule has 0 fully saturated rings. The van der Waals surface area contributed by atoms with E-state index in [0.717, 1.165) is 18.2 Å². The topological polar surface area (TPSA) is 66.8 Å². The van der Waals surface area contributed by atoms with Crippen LogP contribution in [0.4, 0.5) is 13.2 Å². The summed E-state index contributed by atoms with van der Waals surface area (Å²) in [6.07, 6.45) is -4.83. The maximum absolute atomic E-state index is 12.2.